The van der Waals surface area contributed by atoms with E-state index in [0.717, 1.165) is 89.9 Å². The molecule has 0 bridgehead atoms. The molecule has 0 heterocycles. The van der Waals surface area contributed by atoms with Crippen molar-refractivity contribution in [3.05, 3.63) is 72.9 Å². The summed E-state index contributed by atoms with van der Waals surface area (Å²) in [6, 6.07) is 0. The van der Waals surface area contributed by atoms with Crippen LogP contribution in [-0.4, -0.2) is 37.9 Å². The van der Waals surface area contributed by atoms with Crippen LogP contribution in [0.2, 0.25) is 0 Å². The predicted molar refractivity (Wildman–Crippen MR) is 288 cm³/mol. The van der Waals surface area contributed by atoms with Crippen molar-refractivity contribution in [2.45, 2.75) is 284 Å². The molecule has 0 N–H and O–H groups in total. The van der Waals surface area contributed by atoms with Gasteiger partial charge in [-0.3, -0.25) is 9.59 Å². The van der Waals surface area contributed by atoms with Crippen molar-refractivity contribution in [3.8, 4) is 0 Å². The van der Waals surface area contributed by atoms with Crippen LogP contribution in [0, 0.1) is 0 Å². The van der Waals surface area contributed by atoms with Crippen molar-refractivity contribution >= 4 is 11.9 Å². The monoisotopic (exact) mass is 921 g/mol. The molecule has 0 aliphatic rings. The van der Waals surface area contributed by atoms with E-state index in [9.17, 15) is 9.59 Å². The summed E-state index contributed by atoms with van der Waals surface area (Å²) < 4.78 is 17.4. The number of carbonyl (C=O) groups excluding carboxylic acids is 2. The minimum atomic E-state index is -0.559. The minimum absolute atomic E-state index is 0.0675. The molecule has 0 aromatic rings. The van der Waals surface area contributed by atoms with E-state index in [1.807, 2.05) is 0 Å². The van der Waals surface area contributed by atoms with Crippen molar-refractivity contribution in [1.29, 1.82) is 0 Å². The maximum Gasteiger partial charge on any atom is 0.306 e. The molecule has 0 fully saturated rings. The number of esters is 2. The summed E-state index contributed by atoms with van der Waals surface area (Å²) in [5, 5.41) is 0. The Labute approximate surface area is 410 Å². The van der Waals surface area contributed by atoms with Crippen LogP contribution in [0.25, 0.3) is 0 Å². The number of hydrogen-bond acceptors (Lipinski definition) is 5. The van der Waals surface area contributed by atoms with Crippen molar-refractivity contribution < 1.29 is 23.8 Å². The number of unbranched alkanes of at least 4 members (excludes halogenated alkanes) is 29. The summed E-state index contributed by atoms with van der Waals surface area (Å²) in [7, 11) is 0. The van der Waals surface area contributed by atoms with Crippen LogP contribution in [0.15, 0.2) is 72.9 Å². The third kappa shape index (κ3) is 54.0. The van der Waals surface area contributed by atoms with Crippen LogP contribution in [0.1, 0.15) is 278 Å². The van der Waals surface area contributed by atoms with Crippen molar-refractivity contribution in [3.63, 3.8) is 0 Å². The van der Waals surface area contributed by atoms with Crippen LogP contribution in [0.3, 0.4) is 0 Å². The fourth-order valence-corrected chi connectivity index (χ4v) is 7.96. The van der Waals surface area contributed by atoms with Crippen LogP contribution in [0.5, 0.6) is 0 Å². The Bertz CT molecular complexity index is 1180. The van der Waals surface area contributed by atoms with Crippen LogP contribution < -0.4 is 0 Å². The Balaban J connectivity index is 4.33. The van der Waals surface area contributed by atoms with Gasteiger partial charge in [0.05, 0.1) is 6.61 Å². The lowest BCUT2D eigenvalue weighted by Crippen LogP contribution is -2.30. The maximum absolute atomic E-state index is 12.9. The van der Waals surface area contributed by atoms with Crippen molar-refractivity contribution in [1.82, 2.24) is 0 Å². The molecule has 382 valence electrons. The van der Waals surface area contributed by atoms with E-state index in [1.54, 1.807) is 0 Å². The second-order valence-electron chi connectivity index (χ2n) is 18.8. The SMILES string of the molecule is CC/C=C\C/C=C\C/C=C\C/C=C\CCCCCOCC(COC(=O)CCCCCCCCC/C=C\CCCCCCCC)OC(=O)CCCCCCCCC/C=C\CCCCCCCC. The fraction of sp³-hybridized carbons (Fsp3) is 0.770. The predicted octanol–water partition coefficient (Wildman–Crippen LogP) is 19.5. The highest BCUT2D eigenvalue weighted by Crippen LogP contribution is 2.15. The molecule has 0 aliphatic carbocycles. The second kappa shape index (κ2) is 56.7. The van der Waals surface area contributed by atoms with E-state index in [0.29, 0.717) is 19.4 Å². The normalized spacial score (nSPS) is 12.7. The topological polar surface area (TPSA) is 61.8 Å². The van der Waals surface area contributed by atoms with E-state index < -0.39 is 6.10 Å². The molecule has 66 heavy (non-hydrogen) atoms. The third-order valence-corrected chi connectivity index (χ3v) is 12.2. The Kier molecular flexibility index (Phi) is 54.4. The molecular weight excluding hydrogens is 813 g/mol. The molecule has 5 nitrogen and oxygen atoms in total. The summed E-state index contributed by atoms with van der Waals surface area (Å²) in [6.07, 6.45) is 73.5. The number of carbonyl (C=O) groups is 2. The standard InChI is InChI=1S/C61H108O5/c1-4-7-10-13-16-19-22-25-28-31-33-36-39-42-45-48-51-54-60(62)65-58-59(57-64-56-53-50-47-44-41-38-35-30-27-24-21-18-15-12-9-6-3)66-61(63)55-52-49-46-43-40-37-34-32-29-26-23-20-17-14-11-8-5-2/h9,12,18,21,25-30,38,41,59H,4-8,10-11,13-17,19-20,22-24,31-37,39-40,42-58H2,1-3H3/b12-9-,21-18-,28-25-,29-26-,30-27-,41-38-. The Morgan fingerprint density at radius 2 is 0.682 bits per heavy atom. The van der Waals surface area contributed by atoms with Crippen LogP contribution in [-0.2, 0) is 23.8 Å². The molecule has 5 heteroatoms. The van der Waals surface area contributed by atoms with Gasteiger partial charge in [0.15, 0.2) is 6.10 Å². The Hall–Kier alpha value is -2.66. The van der Waals surface area contributed by atoms with Gasteiger partial charge >= 0.3 is 11.9 Å². The quantitative estimate of drug-likeness (QED) is 0.0346. The molecule has 0 saturated heterocycles. The molecule has 0 rings (SSSR count). The van der Waals surface area contributed by atoms with E-state index in [-0.39, 0.29) is 25.2 Å². The van der Waals surface area contributed by atoms with E-state index in [4.69, 9.17) is 14.2 Å². The number of hydrogen-bond donors (Lipinski definition) is 0. The lowest BCUT2D eigenvalue weighted by atomic mass is 10.1. The van der Waals surface area contributed by atoms with Crippen molar-refractivity contribution in [2.75, 3.05) is 19.8 Å². The van der Waals surface area contributed by atoms with Gasteiger partial charge in [-0.25, -0.2) is 0 Å². The molecule has 0 aliphatic heterocycles. The van der Waals surface area contributed by atoms with Crippen molar-refractivity contribution in [2.24, 2.45) is 0 Å². The smallest absolute Gasteiger partial charge is 0.306 e. The first kappa shape index (κ1) is 63.3. The van der Waals surface area contributed by atoms with Gasteiger partial charge in [0.1, 0.15) is 6.61 Å². The summed E-state index contributed by atoms with van der Waals surface area (Å²) in [6.45, 7) is 7.65. The molecule has 0 aromatic heterocycles. The molecule has 1 unspecified atom stereocenters. The van der Waals surface area contributed by atoms with Gasteiger partial charge in [-0.2, -0.15) is 0 Å². The molecule has 0 spiro atoms. The average Bonchev–Trinajstić information content (AvgIpc) is 3.32. The second-order valence-corrected chi connectivity index (χ2v) is 18.8. The molecule has 0 saturated carbocycles. The average molecular weight is 922 g/mol. The zero-order chi connectivity index (χ0) is 47.7. The van der Waals surface area contributed by atoms with Gasteiger partial charge < -0.3 is 14.2 Å². The van der Waals surface area contributed by atoms with Gasteiger partial charge in [0, 0.05) is 19.4 Å². The summed E-state index contributed by atoms with van der Waals surface area (Å²) in [5.41, 5.74) is 0. The van der Waals surface area contributed by atoms with Gasteiger partial charge in [-0.15, -0.1) is 0 Å². The van der Waals surface area contributed by atoms with Gasteiger partial charge in [-0.05, 0) is 109 Å². The fourth-order valence-electron chi connectivity index (χ4n) is 7.96. The maximum atomic E-state index is 12.9. The first-order valence-electron chi connectivity index (χ1n) is 28.5. The van der Waals surface area contributed by atoms with Gasteiger partial charge in [0.25, 0.3) is 0 Å². The highest BCUT2D eigenvalue weighted by atomic mass is 16.6. The van der Waals surface area contributed by atoms with Crippen LogP contribution in [0.4, 0.5) is 0 Å². The van der Waals surface area contributed by atoms with Gasteiger partial charge in [0.2, 0.25) is 0 Å². The summed E-state index contributed by atoms with van der Waals surface area (Å²) in [4.78, 5) is 25.5. The van der Waals surface area contributed by atoms with E-state index in [2.05, 4.69) is 93.7 Å². The molecular formula is C61H108O5. The third-order valence-electron chi connectivity index (χ3n) is 12.2. The zero-order valence-corrected chi connectivity index (χ0v) is 44.0. The Morgan fingerprint density at radius 1 is 0.348 bits per heavy atom. The first-order chi connectivity index (χ1) is 32.6. The Morgan fingerprint density at radius 3 is 1.11 bits per heavy atom. The summed E-state index contributed by atoms with van der Waals surface area (Å²) in [5.74, 6) is -0.418. The van der Waals surface area contributed by atoms with Crippen LogP contribution >= 0.6 is 0 Å². The first-order valence-corrected chi connectivity index (χ1v) is 28.5. The number of ether oxygens (including phenoxy) is 3. The van der Waals surface area contributed by atoms with Gasteiger partial charge in [-0.1, -0.05) is 229 Å². The molecule has 1 atom stereocenters. The highest BCUT2D eigenvalue weighted by molar-refractivity contribution is 5.70. The minimum Gasteiger partial charge on any atom is -0.462 e. The van der Waals surface area contributed by atoms with E-state index >= 15 is 0 Å². The number of rotatable bonds is 52. The highest BCUT2D eigenvalue weighted by Gasteiger charge is 2.17. The summed E-state index contributed by atoms with van der Waals surface area (Å²) >= 11 is 0. The lowest BCUT2D eigenvalue weighted by Gasteiger charge is -2.18. The number of allylic oxidation sites excluding steroid dienone is 12. The largest absolute Gasteiger partial charge is 0.462 e. The zero-order valence-electron chi connectivity index (χ0n) is 44.0. The van der Waals surface area contributed by atoms with E-state index in [1.165, 1.54) is 154 Å². The molecule has 0 amide bonds. The molecule has 0 radical (unpaired) electrons. The molecule has 0 aromatic carbocycles. The lowest BCUT2D eigenvalue weighted by molar-refractivity contribution is -0.163.